The van der Waals surface area contributed by atoms with E-state index in [0.717, 1.165) is 0 Å². The summed E-state index contributed by atoms with van der Waals surface area (Å²) in [7, 11) is 0. The van der Waals surface area contributed by atoms with E-state index in [2.05, 4.69) is 10.6 Å². The Bertz CT molecular complexity index is 722. The predicted octanol–water partition coefficient (Wildman–Crippen LogP) is 2.37. The monoisotopic (exact) mass is 316 g/mol. The molecule has 1 heterocycles. The number of rotatable bonds is 6. The second kappa shape index (κ2) is 7.19. The summed E-state index contributed by atoms with van der Waals surface area (Å²) < 4.78 is 0. The fraction of sp³-hybridized carbons (Fsp3) is 0.143. The van der Waals surface area contributed by atoms with Crippen LogP contribution in [0, 0.1) is 21.4 Å². The van der Waals surface area contributed by atoms with Crippen molar-refractivity contribution in [1.82, 2.24) is 5.32 Å². The van der Waals surface area contributed by atoms with Gasteiger partial charge in [-0.3, -0.25) is 14.9 Å². The third kappa shape index (κ3) is 3.80. The van der Waals surface area contributed by atoms with E-state index in [1.807, 2.05) is 5.38 Å². The molecule has 1 aromatic heterocycles. The maximum Gasteiger partial charge on any atom is 0.287 e. The summed E-state index contributed by atoms with van der Waals surface area (Å²) in [5, 5.41) is 27.2. The highest BCUT2D eigenvalue weighted by Gasteiger charge is 2.13. The van der Waals surface area contributed by atoms with Gasteiger partial charge in [-0.2, -0.15) is 5.26 Å². The van der Waals surface area contributed by atoms with E-state index in [9.17, 15) is 14.9 Å². The van der Waals surface area contributed by atoms with Crippen LogP contribution in [0.5, 0.6) is 0 Å². The van der Waals surface area contributed by atoms with Crippen molar-refractivity contribution in [1.29, 1.82) is 5.26 Å². The Kier molecular flexibility index (Phi) is 5.06. The zero-order chi connectivity index (χ0) is 15.9. The van der Waals surface area contributed by atoms with Crippen LogP contribution in [0.4, 0.5) is 11.4 Å². The number of carbonyl (C=O) groups excluding carboxylic acids is 1. The van der Waals surface area contributed by atoms with E-state index in [-0.39, 0.29) is 17.2 Å². The molecule has 0 fully saturated rings. The third-order valence-electron chi connectivity index (χ3n) is 2.80. The van der Waals surface area contributed by atoms with Crippen molar-refractivity contribution in [2.45, 2.75) is 0 Å². The van der Waals surface area contributed by atoms with Gasteiger partial charge in [0.1, 0.15) is 11.6 Å². The van der Waals surface area contributed by atoms with Gasteiger partial charge in [-0.05, 0) is 23.6 Å². The van der Waals surface area contributed by atoms with Crippen LogP contribution >= 0.6 is 11.3 Å². The number of nitrogens with zero attached hydrogens (tertiary/aromatic N) is 2. The predicted molar refractivity (Wildman–Crippen MR) is 83.0 cm³/mol. The lowest BCUT2D eigenvalue weighted by Crippen LogP contribution is -2.28. The highest BCUT2D eigenvalue weighted by atomic mass is 32.1. The van der Waals surface area contributed by atoms with Crippen LogP contribution in [-0.2, 0) is 0 Å². The van der Waals surface area contributed by atoms with Crippen LogP contribution in [0.3, 0.4) is 0 Å². The molecule has 0 bridgehead atoms. The maximum absolute atomic E-state index is 11.7. The van der Waals surface area contributed by atoms with Gasteiger partial charge >= 0.3 is 0 Å². The number of carbonyl (C=O) groups is 1. The molecule has 1 amide bonds. The van der Waals surface area contributed by atoms with Crippen molar-refractivity contribution in [3.05, 3.63) is 56.3 Å². The highest BCUT2D eigenvalue weighted by molar-refractivity contribution is 7.12. The zero-order valence-corrected chi connectivity index (χ0v) is 12.2. The molecule has 22 heavy (non-hydrogen) atoms. The summed E-state index contributed by atoms with van der Waals surface area (Å²) in [6.45, 7) is 0.843. The second-order valence-corrected chi connectivity index (χ2v) is 5.21. The normalized spacial score (nSPS) is 9.77. The summed E-state index contributed by atoms with van der Waals surface area (Å²) in [6.07, 6.45) is 0. The molecule has 0 aliphatic heterocycles. The Balaban J connectivity index is 1.86. The molecule has 8 heteroatoms. The van der Waals surface area contributed by atoms with Crippen molar-refractivity contribution in [2.75, 3.05) is 18.4 Å². The Hall–Kier alpha value is -2.92. The first-order chi connectivity index (χ1) is 10.6. The van der Waals surface area contributed by atoms with Gasteiger partial charge in [-0.1, -0.05) is 6.07 Å². The van der Waals surface area contributed by atoms with Crippen LogP contribution in [0.1, 0.15) is 15.2 Å². The number of amides is 1. The summed E-state index contributed by atoms with van der Waals surface area (Å²) >= 11 is 1.36. The molecule has 7 nitrogen and oxygen atoms in total. The van der Waals surface area contributed by atoms with E-state index in [1.165, 1.54) is 29.5 Å². The molecule has 0 aliphatic rings. The molecule has 0 aliphatic carbocycles. The minimum atomic E-state index is -0.594. The topological polar surface area (TPSA) is 108 Å². The van der Waals surface area contributed by atoms with Crippen molar-refractivity contribution in [3.8, 4) is 6.07 Å². The van der Waals surface area contributed by atoms with Gasteiger partial charge in [0.05, 0.1) is 9.80 Å². The van der Waals surface area contributed by atoms with Gasteiger partial charge in [-0.25, -0.2) is 0 Å². The number of thiophene rings is 1. The minimum Gasteiger partial charge on any atom is -0.383 e. The molecule has 0 spiro atoms. The quantitative estimate of drug-likeness (QED) is 0.483. The molecule has 1 aromatic carbocycles. The summed E-state index contributed by atoms with van der Waals surface area (Å²) in [5.41, 5.74) is 0.365. The number of nitro benzene ring substituents is 1. The van der Waals surface area contributed by atoms with Crippen molar-refractivity contribution in [2.24, 2.45) is 0 Å². The van der Waals surface area contributed by atoms with Gasteiger partial charge in [0.15, 0.2) is 0 Å². The lowest BCUT2D eigenvalue weighted by Gasteiger charge is -2.07. The van der Waals surface area contributed by atoms with Crippen molar-refractivity contribution >= 4 is 28.6 Å². The van der Waals surface area contributed by atoms with Gasteiger partial charge in [-0.15, -0.1) is 11.3 Å². The Morgan fingerprint density at radius 3 is 2.82 bits per heavy atom. The first kappa shape index (κ1) is 15.5. The standard InChI is InChI=1S/C14H12N4O3S/c15-9-10-8-11(3-4-12(10)18(20)21)16-5-6-17-14(19)13-2-1-7-22-13/h1-4,7-8,16H,5-6H2,(H,17,19). The lowest BCUT2D eigenvalue weighted by atomic mass is 10.2. The molecule has 2 aromatic rings. The SMILES string of the molecule is N#Cc1cc(NCCNC(=O)c2cccs2)ccc1[N+](=O)[O-]. The molecule has 0 atom stereocenters. The Morgan fingerprint density at radius 2 is 2.18 bits per heavy atom. The maximum atomic E-state index is 11.7. The van der Waals surface area contributed by atoms with Crippen molar-refractivity contribution < 1.29 is 9.72 Å². The number of anilines is 1. The first-order valence-electron chi connectivity index (χ1n) is 6.36. The van der Waals surface area contributed by atoms with Crippen LogP contribution in [0.25, 0.3) is 0 Å². The number of hydrogen-bond donors (Lipinski definition) is 2. The van der Waals surface area contributed by atoms with E-state index < -0.39 is 4.92 Å². The van der Waals surface area contributed by atoms with E-state index in [4.69, 9.17) is 5.26 Å². The number of hydrogen-bond acceptors (Lipinski definition) is 6. The Labute approximate surface area is 130 Å². The summed E-state index contributed by atoms with van der Waals surface area (Å²) in [4.78, 5) is 22.5. The molecule has 0 saturated carbocycles. The van der Waals surface area contributed by atoms with E-state index >= 15 is 0 Å². The number of nitriles is 1. The third-order valence-corrected chi connectivity index (χ3v) is 3.67. The van der Waals surface area contributed by atoms with Crippen LogP contribution in [-0.4, -0.2) is 23.9 Å². The molecule has 2 rings (SSSR count). The largest absolute Gasteiger partial charge is 0.383 e. The molecule has 0 unspecified atom stereocenters. The number of nitro groups is 1. The summed E-state index contributed by atoms with van der Waals surface area (Å²) in [6, 6.07) is 9.56. The molecule has 2 N–H and O–H groups in total. The van der Waals surface area contributed by atoms with Gasteiger partial charge in [0.25, 0.3) is 11.6 Å². The van der Waals surface area contributed by atoms with Crippen molar-refractivity contribution in [3.63, 3.8) is 0 Å². The first-order valence-corrected chi connectivity index (χ1v) is 7.24. The van der Waals surface area contributed by atoms with Gasteiger partial charge in [0.2, 0.25) is 0 Å². The van der Waals surface area contributed by atoms with Gasteiger partial charge < -0.3 is 10.6 Å². The van der Waals surface area contributed by atoms with E-state index in [1.54, 1.807) is 18.2 Å². The van der Waals surface area contributed by atoms with Crippen LogP contribution < -0.4 is 10.6 Å². The molecular weight excluding hydrogens is 304 g/mol. The van der Waals surface area contributed by atoms with Crippen LogP contribution in [0.2, 0.25) is 0 Å². The lowest BCUT2D eigenvalue weighted by molar-refractivity contribution is -0.385. The molecule has 0 radical (unpaired) electrons. The van der Waals surface area contributed by atoms with E-state index in [0.29, 0.717) is 23.7 Å². The molecular formula is C14H12N4O3S. The fourth-order valence-electron chi connectivity index (χ4n) is 1.77. The smallest absolute Gasteiger partial charge is 0.287 e. The second-order valence-electron chi connectivity index (χ2n) is 4.26. The minimum absolute atomic E-state index is 0.00220. The Morgan fingerprint density at radius 1 is 1.36 bits per heavy atom. The molecule has 0 saturated heterocycles. The number of benzene rings is 1. The summed E-state index contributed by atoms with van der Waals surface area (Å²) in [5.74, 6) is -0.141. The number of nitrogens with one attached hydrogen (secondary N) is 2. The average Bonchev–Trinajstić information content (AvgIpc) is 3.05. The van der Waals surface area contributed by atoms with Crippen LogP contribution in [0.15, 0.2) is 35.7 Å². The highest BCUT2D eigenvalue weighted by Crippen LogP contribution is 2.21. The fourth-order valence-corrected chi connectivity index (χ4v) is 2.41. The van der Waals surface area contributed by atoms with Gasteiger partial charge in [0, 0.05) is 24.8 Å². The zero-order valence-electron chi connectivity index (χ0n) is 11.4. The molecule has 112 valence electrons. The average molecular weight is 316 g/mol.